The number of nitrogens with two attached hydrogens (primary N) is 1. The molecule has 0 aromatic heterocycles. The van der Waals surface area contributed by atoms with Crippen molar-refractivity contribution in [3.05, 3.63) is 34.1 Å². The Morgan fingerprint density at radius 1 is 1.38 bits per heavy atom. The van der Waals surface area contributed by atoms with Gasteiger partial charge in [0, 0.05) is 4.47 Å². The van der Waals surface area contributed by atoms with Crippen molar-refractivity contribution in [2.75, 3.05) is 6.61 Å². The van der Waals surface area contributed by atoms with Crippen LogP contribution in [0.1, 0.15) is 11.6 Å². The summed E-state index contributed by atoms with van der Waals surface area (Å²) in [7, 11) is 0. The monoisotopic (exact) mass is 301 g/mol. The second kappa shape index (κ2) is 5.11. The molecule has 0 bridgehead atoms. The van der Waals surface area contributed by atoms with Gasteiger partial charge in [-0.25, -0.2) is 4.39 Å². The van der Waals surface area contributed by atoms with Crippen LogP contribution in [0, 0.1) is 5.82 Å². The van der Waals surface area contributed by atoms with Crippen molar-refractivity contribution >= 4 is 15.9 Å². The number of benzene rings is 1. The molecule has 1 aromatic carbocycles. The quantitative estimate of drug-likeness (QED) is 0.871. The van der Waals surface area contributed by atoms with E-state index in [1.165, 1.54) is 12.1 Å². The molecule has 2 nitrogen and oxygen atoms in total. The molecule has 0 spiro atoms. The third kappa shape index (κ3) is 4.07. The van der Waals surface area contributed by atoms with Crippen LogP contribution in [0.4, 0.5) is 17.6 Å². The van der Waals surface area contributed by atoms with E-state index < -0.39 is 24.8 Å². The summed E-state index contributed by atoms with van der Waals surface area (Å²) >= 11 is 3.07. The lowest BCUT2D eigenvalue weighted by molar-refractivity contribution is -0.326. The second-order valence-electron chi connectivity index (χ2n) is 3.03. The molecule has 0 saturated carbocycles. The Balaban J connectivity index is 2.73. The molecule has 0 saturated heterocycles. The summed E-state index contributed by atoms with van der Waals surface area (Å²) in [6.45, 7) is -0.758. The normalized spacial score (nSPS) is 13.9. The van der Waals surface area contributed by atoms with Gasteiger partial charge in [0.05, 0.1) is 12.6 Å². The minimum absolute atomic E-state index is 0.226. The van der Waals surface area contributed by atoms with E-state index >= 15 is 0 Å². The molecule has 90 valence electrons. The first-order valence-corrected chi connectivity index (χ1v) is 5.00. The molecule has 1 rings (SSSR count). The van der Waals surface area contributed by atoms with Crippen molar-refractivity contribution in [1.29, 1.82) is 0 Å². The van der Waals surface area contributed by atoms with Crippen molar-refractivity contribution in [2.24, 2.45) is 5.73 Å². The fourth-order valence-corrected chi connectivity index (χ4v) is 1.61. The van der Waals surface area contributed by atoms with E-state index in [0.717, 1.165) is 6.07 Å². The van der Waals surface area contributed by atoms with Crippen LogP contribution in [0.25, 0.3) is 0 Å². The zero-order chi connectivity index (χ0) is 12.3. The standard InChI is InChI=1S/C9H8BrF4NO/c10-7-2-1-5(11)3-6(7)8(15)4-16-9(12,13)14/h1-3,8H,4,15H2/t8-/m0/s1. The van der Waals surface area contributed by atoms with Crippen molar-refractivity contribution < 1.29 is 22.3 Å². The lowest BCUT2D eigenvalue weighted by Crippen LogP contribution is -2.23. The fraction of sp³-hybridized carbons (Fsp3) is 0.333. The van der Waals surface area contributed by atoms with Crippen LogP contribution in [0.5, 0.6) is 0 Å². The summed E-state index contributed by atoms with van der Waals surface area (Å²) in [6.07, 6.45) is -4.74. The molecule has 0 unspecified atom stereocenters. The van der Waals surface area contributed by atoms with Crippen LogP contribution in [0.3, 0.4) is 0 Å². The number of halogens is 5. The highest BCUT2D eigenvalue weighted by Gasteiger charge is 2.30. The minimum atomic E-state index is -4.74. The van der Waals surface area contributed by atoms with Gasteiger partial charge < -0.3 is 5.73 Å². The van der Waals surface area contributed by atoms with Crippen LogP contribution < -0.4 is 5.73 Å². The van der Waals surface area contributed by atoms with Crippen molar-refractivity contribution in [1.82, 2.24) is 0 Å². The van der Waals surface area contributed by atoms with Gasteiger partial charge in [-0.05, 0) is 23.8 Å². The third-order valence-electron chi connectivity index (χ3n) is 1.78. The van der Waals surface area contributed by atoms with Crippen LogP contribution >= 0.6 is 15.9 Å². The van der Waals surface area contributed by atoms with Crippen molar-refractivity contribution in [3.63, 3.8) is 0 Å². The van der Waals surface area contributed by atoms with Gasteiger partial charge in [-0.3, -0.25) is 4.74 Å². The Kier molecular flexibility index (Phi) is 4.28. The highest BCUT2D eigenvalue weighted by molar-refractivity contribution is 9.10. The highest BCUT2D eigenvalue weighted by atomic mass is 79.9. The molecule has 16 heavy (non-hydrogen) atoms. The molecule has 0 heterocycles. The Morgan fingerprint density at radius 2 is 2.00 bits per heavy atom. The summed E-state index contributed by atoms with van der Waals surface area (Å²) < 4.78 is 52.1. The predicted molar refractivity (Wildman–Crippen MR) is 53.0 cm³/mol. The zero-order valence-electron chi connectivity index (χ0n) is 7.89. The van der Waals surface area contributed by atoms with E-state index in [-0.39, 0.29) is 5.56 Å². The Labute approximate surface area is 97.5 Å². The van der Waals surface area contributed by atoms with Crippen LogP contribution in [0.2, 0.25) is 0 Å². The largest absolute Gasteiger partial charge is 0.522 e. The average Bonchev–Trinajstić information content (AvgIpc) is 2.17. The first-order chi connectivity index (χ1) is 7.29. The minimum Gasteiger partial charge on any atom is -0.322 e. The smallest absolute Gasteiger partial charge is 0.322 e. The van der Waals surface area contributed by atoms with Gasteiger partial charge in [0.25, 0.3) is 0 Å². The molecular formula is C9H8BrF4NO. The molecule has 1 aromatic rings. The maximum absolute atomic E-state index is 12.8. The van der Waals surface area contributed by atoms with Crippen LogP contribution in [0.15, 0.2) is 22.7 Å². The van der Waals surface area contributed by atoms with E-state index in [2.05, 4.69) is 20.7 Å². The Bertz CT molecular complexity index is 369. The second-order valence-corrected chi connectivity index (χ2v) is 3.88. The summed E-state index contributed by atoms with van der Waals surface area (Å²) in [4.78, 5) is 0. The summed E-state index contributed by atoms with van der Waals surface area (Å²) in [5.41, 5.74) is 5.68. The summed E-state index contributed by atoms with van der Waals surface area (Å²) in [5, 5.41) is 0. The van der Waals surface area contributed by atoms with Gasteiger partial charge in [-0.2, -0.15) is 0 Å². The summed E-state index contributed by atoms with van der Waals surface area (Å²) in [5.74, 6) is -0.569. The maximum atomic E-state index is 12.8. The van der Waals surface area contributed by atoms with Gasteiger partial charge in [-0.15, -0.1) is 13.2 Å². The lowest BCUT2D eigenvalue weighted by atomic mass is 10.1. The third-order valence-corrected chi connectivity index (χ3v) is 2.51. The van der Waals surface area contributed by atoms with Crippen LogP contribution in [-0.2, 0) is 4.74 Å². The van der Waals surface area contributed by atoms with Gasteiger partial charge in [0.2, 0.25) is 0 Å². The Morgan fingerprint density at radius 3 is 2.56 bits per heavy atom. The molecule has 0 aliphatic rings. The first-order valence-electron chi connectivity index (χ1n) is 4.21. The van der Waals surface area contributed by atoms with Gasteiger partial charge in [0.15, 0.2) is 0 Å². The Hall–Kier alpha value is -0.660. The van der Waals surface area contributed by atoms with E-state index in [9.17, 15) is 17.6 Å². The molecule has 2 N–H and O–H groups in total. The summed E-state index contributed by atoms with van der Waals surface area (Å²) in [6, 6.07) is 2.56. The van der Waals surface area contributed by atoms with Gasteiger partial charge >= 0.3 is 6.36 Å². The molecule has 0 radical (unpaired) electrons. The van der Waals surface area contributed by atoms with E-state index in [1.807, 2.05) is 0 Å². The number of ether oxygens (including phenoxy) is 1. The fourth-order valence-electron chi connectivity index (χ4n) is 1.07. The highest BCUT2D eigenvalue weighted by Crippen LogP contribution is 2.25. The van der Waals surface area contributed by atoms with Crippen LogP contribution in [-0.4, -0.2) is 13.0 Å². The maximum Gasteiger partial charge on any atom is 0.522 e. The van der Waals surface area contributed by atoms with E-state index in [4.69, 9.17) is 5.73 Å². The number of hydrogen-bond acceptors (Lipinski definition) is 2. The molecule has 0 fully saturated rings. The average molecular weight is 302 g/mol. The SMILES string of the molecule is N[C@@H](COC(F)(F)F)c1cc(F)ccc1Br. The van der Waals surface area contributed by atoms with E-state index in [1.54, 1.807) is 0 Å². The molecule has 0 aliphatic carbocycles. The topological polar surface area (TPSA) is 35.2 Å². The van der Waals surface area contributed by atoms with Gasteiger partial charge in [-0.1, -0.05) is 15.9 Å². The molecule has 0 aliphatic heterocycles. The van der Waals surface area contributed by atoms with E-state index in [0.29, 0.717) is 4.47 Å². The molecular weight excluding hydrogens is 294 g/mol. The lowest BCUT2D eigenvalue weighted by Gasteiger charge is -2.15. The zero-order valence-corrected chi connectivity index (χ0v) is 9.48. The number of hydrogen-bond donors (Lipinski definition) is 1. The van der Waals surface area contributed by atoms with Crippen molar-refractivity contribution in [2.45, 2.75) is 12.4 Å². The molecule has 0 amide bonds. The first kappa shape index (κ1) is 13.4. The predicted octanol–water partition coefficient (Wildman–Crippen LogP) is 3.12. The molecule has 7 heteroatoms. The molecule has 1 atom stereocenters. The number of alkyl halides is 3. The number of rotatable bonds is 3. The van der Waals surface area contributed by atoms with Gasteiger partial charge in [0.1, 0.15) is 5.82 Å². The van der Waals surface area contributed by atoms with Crippen molar-refractivity contribution in [3.8, 4) is 0 Å².